The highest BCUT2D eigenvalue weighted by atomic mass is 16.6. The van der Waals surface area contributed by atoms with Gasteiger partial charge in [0.15, 0.2) is 17.7 Å². The highest BCUT2D eigenvalue weighted by molar-refractivity contribution is 5.81. The molecule has 1 aliphatic rings. The van der Waals surface area contributed by atoms with Crippen LogP contribution in [-0.4, -0.2) is 59.8 Å². The fourth-order valence-electron chi connectivity index (χ4n) is 2.12. The van der Waals surface area contributed by atoms with E-state index in [0.29, 0.717) is 0 Å². The van der Waals surface area contributed by atoms with E-state index in [4.69, 9.17) is 16.9 Å². The molecule has 0 spiro atoms. The van der Waals surface area contributed by atoms with E-state index in [2.05, 4.69) is 15.0 Å². The molecule has 0 aromatic carbocycles. The van der Waals surface area contributed by atoms with Crippen LogP contribution in [0.2, 0.25) is 0 Å². The Morgan fingerprint density at radius 1 is 1.37 bits per heavy atom. The van der Waals surface area contributed by atoms with Gasteiger partial charge in [0.2, 0.25) is 0 Å². The van der Waals surface area contributed by atoms with Crippen molar-refractivity contribution in [3.05, 3.63) is 12.6 Å². The van der Waals surface area contributed by atoms with Gasteiger partial charge in [0.05, 0.1) is 12.9 Å². The molecule has 9 nitrogen and oxygen atoms in total. The van der Waals surface area contributed by atoms with Crippen LogP contribution in [0.4, 0.5) is 5.82 Å². The Kier molecular flexibility index (Phi) is 2.55. The molecule has 1 saturated heterocycles. The third-order valence-electron chi connectivity index (χ3n) is 3.13. The van der Waals surface area contributed by atoms with Crippen LogP contribution >= 0.6 is 0 Å². The number of aliphatic hydroxyl groups excluding tert-OH is 3. The molecule has 19 heavy (non-hydrogen) atoms. The Morgan fingerprint density at radius 3 is 2.84 bits per heavy atom. The number of fused-ring (bicyclic) bond motifs is 1. The van der Waals surface area contributed by atoms with Gasteiger partial charge in [0.25, 0.3) is 0 Å². The monoisotopic (exact) mass is 268 g/mol. The van der Waals surface area contributed by atoms with Crippen molar-refractivity contribution in [1.29, 1.82) is 0 Å². The molecule has 3 rings (SSSR count). The standard InChI is InChI=1S/C10H13N5O4/c11-8-5-9(13-2-12-8)15(3-14-5)10-7(18)6(17)4(1-16)19-10/h2-4,6-7,10,16-18H,1H2,(H2,11,12,13)/i2D. The first-order valence-corrected chi connectivity index (χ1v) is 5.62. The van der Waals surface area contributed by atoms with Crippen molar-refractivity contribution in [2.45, 2.75) is 24.5 Å². The number of aromatic nitrogens is 4. The van der Waals surface area contributed by atoms with Crippen LogP contribution in [0.3, 0.4) is 0 Å². The van der Waals surface area contributed by atoms with Crippen molar-refractivity contribution >= 4 is 17.0 Å². The van der Waals surface area contributed by atoms with Crippen LogP contribution in [0.15, 0.2) is 12.6 Å². The van der Waals surface area contributed by atoms with Gasteiger partial charge in [0, 0.05) is 0 Å². The Hall–Kier alpha value is -1.81. The number of hydrogen-bond acceptors (Lipinski definition) is 8. The highest BCUT2D eigenvalue weighted by Crippen LogP contribution is 2.31. The number of nitrogens with two attached hydrogens (primary N) is 1. The first-order valence-electron chi connectivity index (χ1n) is 6.12. The smallest absolute Gasteiger partial charge is 0.167 e. The van der Waals surface area contributed by atoms with E-state index in [1.165, 1.54) is 10.9 Å². The average Bonchev–Trinajstić information content (AvgIpc) is 2.93. The van der Waals surface area contributed by atoms with Crippen LogP contribution in [0, 0.1) is 0 Å². The number of hydrogen-bond donors (Lipinski definition) is 4. The van der Waals surface area contributed by atoms with Crippen molar-refractivity contribution in [2.24, 2.45) is 0 Å². The SMILES string of the molecule is [2H]c1nc(N)c2ncn(C3OC(CO)C(O)C3O)c2n1. The summed E-state index contributed by atoms with van der Waals surface area (Å²) in [6, 6.07) is 0. The first-order chi connectivity index (χ1) is 9.52. The van der Waals surface area contributed by atoms with Crippen LogP contribution in [0.5, 0.6) is 0 Å². The predicted octanol–water partition coefficient (Wildman–Crippen LogP) is -1.98. The third-order valence-corrected chi connectivity index (χ3v) is 3.13. The molecular formula is C10H13N5O4. The summed E-state index contributed by atoms with van der Waals surface area (Å²) >= 11 is 0. The number of rotatable bonds is 2. The summed E-state index contributed by atoms with van der Waals surface area (Å²) in [6.07, 6.45) is -3.31. The molecule has 1 aliphatic heterocycles. The van der Waals surface area contributed by atoms with Crippen molar-refractivity contribution in [3.8, 4) is 0 Å². The van der Waals surface area contributed by atoms with Crippen LogP contribution in [-0.2, 0) is 4.74 Å². The summed E-state index contributed by atoms with van der Waals surface area (Å²) in [5.41, 5.74) is 6.14. The number of aliphatic hydroxyl groups is 3. The minimum Gasteiger partial charge on any atom is -0.394 e. The molecule has 102 valence electrons. The normalized spacial score (nSPS) is 31.8. The van der Waals surface area contributed by atoms with E-state index in [1.807, 2.05) is 0 Å². The molecule has 9 heteroatoms. The van der Waals surface area contributed by atoms with Crippen molar-refractivity contribution in [2.75, 3.05) is 12.3 Å². The van der Waals surface area contributed by atoms with Gasteiger partial charge in [-0.15, -0.1) is 0 Å². The lowest BCUT2D eigenvalue weighted by atomic mass is 10.1. The number of imidazole rings is 1. The maximum absolute atomic E-state index is 9.97. The third kappa shape index (κ3) is 1.75. The van der Waals surface area contributed by atoms with E-state index in [0.717, 1.165) is 0 Å². The predicted molar refractivity (Wildman–Crippen MR) is 62.7 cm³/mol. The van der Waals surface area contributed by atoms with Crippen LogP contribution < -0.4 is 5.73 Å². The van der Waals surface area contributed by atoms with Crippen molar-refractivity contribution < 1.29 is 21.4 Å². The number of ether oxygens (including phenoxy) is 1. The van der Waals surface area contributed by atoms with E-state index in [-0.39, 0.29) is 23.3 Å². The summed E-state index contributed by atoms with van der Waals surface area (Å²) in [5, 5.41) is 28.8. The lowest BCUT2D eigenvalue weighted by molar-refractivity contribution is -0.0511. The molecule has 5 N–H and O–H groups in total. The zero-order chi connectivity index (χ0) is 14.4. The largest absolute Gasteiger partial charge is 0.394 e. The lowest BCUT2D eigenvalue weighted by Gasteiger charge is -2.16. The molecule has 4 unspecified atom stereocenters. The Labute approximate surface area is 108 Å². The summed E-state index contributed by atoms with van der Waals surface area (Å²) in [4.78, 5) is 11.6. The van der Waals surface area contributed by atoms with Gasteiger partial charge in [-0.25, -0.2) is 15.0 Å². The number of anilines is 1. The van der Waals surface area contributed by atoms with Gasteiger partial charge >= 0.3 is 0 Å². The Morgan fingerprint density at radius 2 is 2.16 bits per heavy atom. The van der Waals surface area contributed by atoms with Crippen molar-refractivity contribution in [1.82, 2.24) is 19.5 Å². The molecule has 2 aromatic rings. The topological polar surface area (TPSA) is 140 Å². The van der Waals surface area contributed by atoms with Gasteiger partial charge in [-0.1, -0.05) is 0 Å². The van der Waals surface area contributed by atoms with Gasteiger partial charge in [-0.3, -0.25) is 4.57 Å². The lowest BCUT2D eigenvalue weighted by Crippen LogP contribution is -2.33. The summed E-state index contributed by atoms with van der Waals surface area (Å²) < 4.78 is 14.2. The summed E-state index contributed by atoms with van der Waals surface area (Å²) in [5.74, 6) is 0.0468. The fourth-order valence-corrected chi connectivity index (χ4v) is 2.12. The van der Waals surface area contributed by atoms with E-state index < -0.39 is 31.1 Å². The second-order valence-electron chi connectivity index (χ2n) is 4.26. The molecular weight excluding hydrogens is 254 g/mol. The van der Waals surface area contributed by atoms with Crippen LogP contribution in [0.25, 0.3) is 11.2 Å². The number of nitrogens with zero attached hydrogens (tertiary/aromatic N) is 4. The molecule has 0 saturated carbocycles. The minimum atomic E-state index is -1.25. The van der Waals surface area contributed by atoms with Crippen LogP contribution in [0.1, 0.15) is 7.60 Å². The maximum atomic E-state index is 9.97. The van der Waals surface area contributed by atoms with Gasteiger partial charge in [0.1, 0.15) is 31.5 Å². The molecule has 2 aromatic heterocycles. The van der Waals surface area contributed by atoms with Gasteiger partial charge in [-0.2, -0.15) is 0 Å². The summed E-state index contributed by atoms with van der Waals surface area (Å²) in [7, 11) is 0. The molecule has 0 radical (unpaired) electrons. The molecule has 0 aliphatic carbocycles. The number of nitrogen functional groups attached to an aromatic ring is 1. The molecule has 0 bridgehead atoms. The molecule has 3 heterocycles. The molecule has 4 atom stereocenters. The second-order valence-corrected chi connectivity index (χ2v) is 4.26. The van der Waals surface area contributed by atoms with Crippen molar-refractivity contribution in [3.63, 3.8) is 0 Å². The first kappa shape index (κ1) is 11.1. The minimum absolute atomic E-state index is 0.0468. The van der Waals surface area contributed by atoms with Gasteiger partial charge < -0.3 is 25.8 Å². The second kappa shape index (κ2) is 4.38. The summed E-state index contributed by atoms with van der Waals surface area (Å²) in [6.45, 7) is -0.428. The van der Waals surface area contributed by atoms with Gasteiger partial charge in [-0.05, 0) is 0 Å². The fraction of sp³-hybridized carbons (Fsp3) is 0.500. The maximum Gasteiger partial charge on any atom is 0.167 e. The molecule has 1 fully saturated rings. The zero-order valence-electron chi connectivity index (χ0n) is 10.7. The Balaban J connectivity index is 2.07. The highest BCUT2D eigenvalue weighted by Gasteiger charge is 2.43. The molecule has 0 amide bonds. The quantitative estimate of drug-likeness (QED) is 0.491. The Bertz CT molecular complexity index is 650. The zero-order valence-corrected chi connectivity index (χ0v) is 9.71. The average molecular weight is 268 g/mol. The van der Waals surface area contributed by atoms with E-state index >= 15 is 0 Å². The van der Waals surface area contributed by atoms with E-state index in [1.54, 1.807) is 0 Å². The van der Waals surface area contributed by atoms with E-state index in [9.17, 15) is 10.2 Å².